The summed E-state index contributed by atoms with van der Waals surface area (Å²) in [4.78, 5) is 0. The Morgan fingerprint density at radius 2 is 2.36 bits per heavy atom. The van der Waals surface area contributed by atoms with E-state index in [1.54, 1.807) is 6.92 Å². The average Bonchev–Trinajstić information content (AvgIpc) is 2.01. The molecule has 0 aliphatic rings. The Labute approximate surface area is 77.9 Å². The lowest BCUT2D eigenvalue weighted by Crippen LogP contribution is -1.97. The minimum Gasteiger partial charge on any atom is -0.478 e. The van der Waals surface area contributed by atoms with Gasteiger partial charge in [-0.15, -0.1) is 0 Å². The van der Waals surface area contributed by atoms with Gasteiger partial charge in [0.05, 0.1) is 6.61 Å². The predicted molar refractivity (Wildman–Crippen MR) is 54.5 cm³/mol. The fourth-order valence-electron chi connectivity index (χ4n) is 0.422. The van der Waals surface area contributed by atoms with Crippen LogP contribution in [0, 0.1) is 11.2 Å². The van der Waals surface area contributed by atoms with Gasteiger partial charge in [0.2, 0.25) is 4.38 Å². The van der Waals surface area contributed by atoms with Crippen LogP contribution in [0.4, 0.5) is 0 Å². The molecule has 0 unspecified atom stereocenters. The second-order valence-corrected chi connectivity index (χ2v) is 3.31. The second-order valence-electron chi connectivity index (χ2n) is 1.91. The monoisotopic (exact) mass is 188 g/mol. The molecule has 3 heteroatoms. The first-order valence-electron chi connectivity index (χ1n) is 3.56. The predicted octanol–water partition coefficient (Wildman–Crippen LogP) is 2.80. The lowest BCUT2D eigenvalue weighted by Gasteiger charge is -2.01. The topological polar surface area (TPSA) is 9.23 Å². The molecule has 0 aliphatic heterocycles. The van der Waals surface area contributed by atoms with Crippen LogP contribution in [-0.4, -0.2) is 11.0 Å². The molecule has 0 N–H and O–H groups in total. The van der Waals surface area contributed by atoms with Crippen LogP contribution in [0.1, 0.15) is 26.7 Å². The first-order chi connectivity index (χ1) is 5.31. The van der Waals surface area contributed by atoms with Crippen LogP contribution >= 0.6 is 24.0 Å². The number of unbranched alkanes of at least 4 members (excludes halogenated alkanes) is 1. The highest BCUT2D eigenvalue weighted by atomic mass is 32.2. The molecule has 0 aromatic heterocycles. The fraction of sp³-hybridized carbons (Fsp3) is 0.625. The van der Waals surface area contributed by atoms with Crippen LogP contribution in [0.3, 0.4) is 0 Å². The molecule has 0 atom stereocenters. The zero-order chi connectivity index (χ0) is 8.53. The summed E-state index contributed by atoms with van der Waals surface area (Å²) in [6.45, 7) is 4.61. The van der Waals surface area contributed by atoms with Gasteiger partial charge in [0.15, 0.2) is 0 Å². The van der Waals surface area contributed by atoms with Crippen LogP contribution in [0.2, 0.25) is 0 Å². The maximum atomic E-state index is 5.18. The molecule has 0 rings (SSSR count). The third kappa shape index (κ3) is 7.70. The van der Waals surface area contributed by atoms with Gasteiger partial charge < -0.3 is 4.74 Å². The van der Waals surface area contributed by atoms with Gasteiger partial charge in [0.25, 0.3) is 0 Å². The molecule has 0 aliphatic carbocycles. The van der Waals surface area contributed by atoms with E-state index in [1.165, 1.54) is 11.8 Å². The molecule has 1 nitrogen and oxygen atoms in total. The smallest absolute Gasteiger partial charge is 0.232 e. The van der Waals surface area contributed by atoms with E-state index < -0.39 is 0 Å². The highest BCUT2D eigenvalue weighted by molar-refractivity contribution is 8.25. The van der Waals surface area contributed by atoms with Gasteiger partial charge in [-0.1, -0.05) is 19.3 Å². The Bertz CT molecular complexity index is 167. The van der Waals surface area contributed by atoms with E-state index in [2.05, 4.69) is 18.1 Å². The van der Waals surface area contributed by atoms with Crippen LogP contribution in [-0.2, 0) is 4.74 Å². The minimum absolute atomic E-state index is 0.535. The second kappa shape index (κ2) is 7.90. The summed E-state index contributed by atoms with van der Waals surface area (Å²) < 4.78 is 5.71. The van der Waals surface area contributed by atoms with Gasteiger partial charge in [-0.2, -0.15) is 0 Å². The maximum absolute atomic E-state index is 5.18. The summed E-state index contributed by atoms with van der Waals surface area (Å²) in [5, 5.41) is 2.78. The zero-order valence-corrected chi connectivity index (χ0v) is 8.48. The van der Waals surface area contributed by atoms with Crippen LogP contribution in [0.15, 0.2) is 0 Å². The van der Waals surface area contributed by atoms with Crippen molar-refractivity contribution in [3.8, 4) is 11.2 Å². The molecule has 0 bridgehead atoms. The number of hydrogen-bond donors (Lipinski definition) is 0. The average molecular weight is 188 g/mol. The summed E-state index contributed by atoms with van der Waals surface area (Å²) in [7, 11) is 0. The van der Waals surface area contributed by atoms with Crippen LogP contribution in [0.25, 0.3) is 0 Å². The highest BCUT2D eigenvalue weighted by Gasteiger charge is 1.93. The van der Waals surface area contributed by atoms with Crippen molar-refractivity contribution in [3.05, 3.63) is 0 Å². The SMILES string of the molecule is CC#CSC(=S)OCCCC. The zero-order valence-electron chi connectivity index (χ0n) is 6.85. The van der Waals surface area contributed by atoms with Crippen LogP contribution < -0.4 is 0 Å². The molecule has 0 heterocycles. The molecule has 0 fully saturated rings. The molecule has 0 saturated carbocycles. The number of ether oxygens (including phenoxy) is 1. The molecule has 0 saturated heterocycles. The molecule has 0 amide bonds. The van der Waals surface area contributed by atoms with E-state index in [1.807, 2.05) is 0 Å². The number of hydrogen-bond acceptors (Lipinski definition) is 3. The Morgan fingerprint density at radius 3 is 2.91 bits per heavy atom. The number of thioether (sulfide) groups is 1. The molecule has 0 aromatic rings. The largest absolute Gasteiger partial charge is 0.478 e. The van der Waals surface area contributed by atoms with Gasteiger partial charge in [0.1, 0.15) is 0 Å². The Morgan fingerprint density at radius 1 is 1.64 bits per heavy atom. The Balaban J connectivity index is 3.27. The molecular weight excluding hydrogens is 176 g/mol. The first kappa shape index (κ1) is 10.8. The van der Waals surface area contributed by atoms with Crippen molar-refractivity contribution in [1.29, 1.82) is 0 Å². The van der Waals surface area contributed by atoms with E-state index >= 15 is 0 Å². The Hall–Kier alpha value is -0.200. The van der Waals surface area contributed by atoms with Gasteiger partial charge >= 0.3 is 0 Å². The first-order valence-corrected chi connectivity index (χ1v) is 4.79. The summed E-state index contributed by atoms with van der Waals surface area (Å²) in [6, 6.07) is 0. The third-order valence-corrected chi connectivity index (χ3v) is 1.91. The number of rotatable bonds is 3. The van der Waals surface area contributed by atoms with Gasteiger partial charge in [-0.05, 0) is 30.8 Å². The molecule has 0 aromatic carbocycles. The summed E-state index contributed by atoms with van der Waals surface area (Å²) in [6.07, 6.45) is 2.19. The lowest BCUT2D eigenvalue weighted by molar-refractivity contribution is 0.313. The van der Waals surface area contributed by atoms with E-state index in [4.69, 9.17) is 17.0 Å². The standard InChI is InChI=1S/C8H12OS2/c1-3-5-6-9-8(10)11-7-4-2/h3,5-6H2,1-2H3. The van der Waals surface area contributed by atoms with Crippen molar-refractivity contribution in [3.63, 3.8) is 0 Å². The summed E-state index contributed by atoms with van der Waals surface area (Å²) in [5.74, 6) is 2.73. The van der Waals surface area contributed by atoms with Crippen molar-refractivity contribution in [2.45, 2.75) is 26.7 Å². The van der Waals surface area contributed by atoms with Crippen LogP contribution in [0.5, 0.6) is 0 Å². The summed E-state index contributed by atoms with van der Waals surface area (Å²) >= 11 is 6.15. The third-order valence-electron chi connectivity index (χ3n) is 0.954. The molecule has 11 heavy (non-hydrogen) atoms. The van der Waals surface area contributed by atoms with Crippen molar-refractivity contribution < 1.29 is 4.74 Å². The molecule has 62 valence electrons. The van der Waals surface area contributed by atoms with Crippen molar-refractivity contribution in [2.24, 2.45) is 0 Å². The molecule has 0 radical (unpaired) electrons. The summed E-state index contributed by atoms with van der Waals surface area (Å²) in [5.41, 5.74) is 0. The van der Waals surface area contributed by atoms with Crippen molar-refractivity contribution >= 4 is 28.4 Å². The lowest BCUT2D eigenvalue weighted by atomic mass is 10.4. The van der Waals surface area contributed by atoms with Crippen molar-refractivity contribution in [2.75, 3.05) is 6.61 Å². The Kier molecular flexibility index (Phi) is 7.76. The maximum Gasteiger partial charge on any atom is 0.232 e. The minimum atomic E-state index is 0.535. The quantitative estimate of drug-likeness (QED) is 0.383. The van der Waals surface area contributed by atoms with Crippen molar-refractivity contribution in [1.82, 2.24) is 0 Å². The number of thiocarbonyl (C=S) groups is 1. The van der Waals surface area contributed by atoms with Gasteiger partial charge in [0, 0.05) is 11.8 Å². The van der Waals surface area contributed by atoms with E-state index in [0.717, 1.165) is 12.8 Å². The normalized spacial score (nSPS) is 8.18. The fourth-order valence-corrected chi connectivity index (χ4v) is 0.958. The van der Waals surface area contributed by atoms with E-state index in [0.29, 0.717) is 11.0 Å². The van der Waals surface area contributed by atoms with Gasteiger partial charge in [-0.25, -0.2) is 0 Å². The van der Waals surface area contributed by atoms with E-state index in [9.17, 15) is 0 Å². The van der Waals surface area contributed by atoms with Gasteiger partial charge in [-0.3, -0.25) is 0 Å². The molecule has 0 spiro atoms. The van der Waals surface area contributed by atoms with E-state index in [-0.39, 0.29) is 0 Å². The highest BCUT2D eigenvalue weighted by Crippen LogP contribution is 2.03. The molecular formula is C8H12OS2.